The highest BCUT2D eigenvalue weighted by Gasteiger charge is 2.06. The Morgan fingerprint density at radius 1 is 1.50 bits per heavy atom. The number of hydrogen-bond donors (Lipinski definition) is 1. The first-order chi connectivity index (χ1) is 5.65. The van der Waals surface area contributed by atoms with Gasteiger partial charge in [-0.25, -0.2) is 0 Å². The van der Waals surface area contributed by atoms with Crippen LogP contribution in [0.4, 0.5) is 0 Å². The van der Waals surface area contributed by atoms with E-state index in [0.717, 1.165) is 9.50 Å². The molecule has 66 valence electrons. The molecule has 0 saturated heterocycles. The van der Waals surface area contributed by atoms with Crippen molar-refractivity contribution in [1.29, 1.82) is 0 Å². The smallest absolute Gasteiger partial charge is 0.0410 e. The first-order valence-electron chi connectivity index (χ1n) is 3.77. The molecule has 1 rings (SSSR count). The van der Waals surface area contributed by atoms with Crippen molar-refractivity contribution < 1.29 is 0 Å². The van der Waals surface area contributed by atoms with Gasteiger partial charge in [0.15, 0.2) is 0 Å². The van der Waals surface area contributed by atoms with Gasteiger partial charge < -0.3 is 5.32 Å². The maximum Gasteiger partial charge on any atom is 0.0410 e. The van der Waals surface area contributed by atoms with Gasteiger partial charge >= 0.3 is 0 Å². The second-order valence-electron chi connectivity index (χ2n) is 2.68. The third-order valence-corrected chi connectivity index (χ3v) is 2.81. The Labute approximate surface area is 86.2 Å². The number of hydrogen-bond acceptors (Lipinski definition) is 1. The summed E-state index contributed by atoms with van der Waals surface area (Å²) in [6.07, 6.45) is 0. The van der Waals surface area contributed by atoms with Crippen LogP contribution in [-0.2, 0) is 0 Å². The lowest BCUT2D eigenvalue weighted by Crippen LogP contribution is -2.12. The van der Waals surface area contributed by atoms with E-state index in [-0.39, 0.29) is 0 Å². The van der Waals surface area contributed by atoms with Crippen molar-refractivity contribution in [3.63, 3.8) is 0 Å². The minimum Gasteiger partial charge on any atom is -0.313 e. The van der Waals surface area contributed by atoms with Crippen molar-refractivity contribution >= 4 is 27.5 Å². The van der Waals surface area contributed by atoms with Crippen molar-refractivity contribution in [2.75, 3.05) is 7.05 Å². The van der Waals surface area contributed by atoms with E-state index >= 15 is 0 Å². The number of halogens is 2. The lowest BCUT2D eigenvalue weighted by molar-refractivity contribution is 0.649. The highest BCUT2D eigenvalue weighted by molar-refractivity contribution is 9.10. The normalized spacial score (nSPS) is 13.0. The molecule has 0 aliphatic heterocycles. The van der Waals surface area contributed by atoms with E-state index in [4.69, 9.17) is 11.6 Å². The Morgan fingerprint density at radius 3 is 2.75 bits per heavy atom. The molecule has 1 atom stereocenters. The number of rotatable bonds is 2. The van der Waals surface area contributed by atoms with Crippen LogP contribution in [0.15, 0.2) is 22.7 Å². The van der Waals surface area contributed by atoms with Crippen LogP contribution in [0.2, 0.25) is 5.02 Å². The first kappa shape index (κ1) is 10.0. The van der Waals surface area contributed by atoms with Crippen LogP contribution >= 0.6 is 27.5 Å². The van der Waals surface area contributed by atoms with E-state index in [0.29, 0.717) is 6.04 Å². The third-order valence-electron chi connectivity index (χ3n) is 1.86. The fraction of sp³-hybridized carbons (Fsp3) is 0.333. The molecule has 0 heterocycles. The maximum atomic E-state index is 5.87. The van der Waals surface area contributed by atoms with Gasteiger partial charge in [-0.05, 0) is 37.7 Å². The summed E-state index contributed by atoms with van der Waals surface area (Å²) in [7, 11) is 1.93. The Balaban J connectivity index is 3.04. The van der Waals surface area contributed by atoms with Crippen LogP contribution in [0.1, 0.15) is 18.5 Å². The van der Waals surface area contributed by atoms with Gasteiger partial charge in [-0.15, -0.1) is 0 Å². The summed E-state index contributed by atoms with van der Waals surface area (Å²) in [5.74, 6) is 0. The zero-order valence-corrected chi connectivity index (χ0v) is 9.41. The Hall–Kier alpha value is -0.0500. The fourth-order valence-corrected chi connectivity index (χ4v) is 1.77. The largest absolute Gasteiger partial charge is 0.313 e. The first-order valence-corrected chi connectivity index (χ1v) is 4.94. The molecule has 0 aliphatic rings. The van der Waals surface area contributed by atoms with Gasteiger partial charge in [0, 0.05) is 15.5 Å². The van der Waals surface area contributed by atoms with Crippen molar-refractivity contribution in [2.24, 2.45) is 0 Å². The van der Waals surface area contributed by atoms with Gasteiger partial charge in [-0.3, -0.25) is 0 Å². The molecule has 0 unspecified atom stereocenters. The Morgan fingerprint density at radius 2 is 2.17 bits per heavy atom. The van der Waals surface area contributed by atoms with Gasteiger partial charge in [-0.1, -0.05) is 27.5 Å². The number of nitrogens with one attached hydrogen (secondary N) is 1. The lowest BCUT2D eigenvalue weighted by Gasteiger charge is -2.12. The maximum absolute atomic E-state index is 5.87. The minimum atomic E-state index is 0.318. The van der Waals surface area contributed by atoms with E-state index < -0.39 is 0 Å². The minimum absolute atomic E-state index is 0.318. The van der Waals surface area contributed by atoms with E-state index in [2.05, 4.69) is 28.2 Å². The molecule has 0 fully saturated rings. The molecule has 1 aromatic carbocycles. The average Bonchev–Trinajstić information content (AvgIpc) is 2.08. The van der Waals surface area contributed by atoms with Crippen LogP contribution in [0, 0.1) is 0 Å². The van der Waals surface area contributed by atoms with Crippen molar-refractivity contribution in [1.82, 2.24) is 5.32 Å². The molecule has 0 aliphatic carbocycles. The van der Waals surface area contributed by atoms with E-state index in [1.165, 1.54) is 5.56 Å². The van der Waals surface area contributed by atoms with Crippen molar-refractivity contribution in [3.05, 3.63) is 33.3 Å². The topological polar surface area (TPSA) is 12.0 Å². The van der Waals surface area contributed by atoms with Gasteiger partial charge in [0.25, 0.3) is 0 Å². The SMILES string of the molecule is CN[C@@H](C)c1cc(Cl)ccc1Br. The van der Waals surface area contributed by atoms with Crippen molar-refractivity contribution in [3.8, 4) is 0 Å². The molecule has 3 heteroatoms. The molecule has 0 aromatic heterocycles. The molecule has 0 saturated carbocycles. The molecule has 0 amide bonds. The standard InChI is InChI=1S/C9H11BrClN/c1-6(12-2)8-5-7(11)3-4-9(8)10/h3-6,12H,1-2H3/t6-/m0/s1. The predicted molar refractivity (Wildman–Crippen MR) is 56.6 cm³/mol. The molecule has 0 spiro atoms. The zero-order valence-electron chi connectivity index (χ0n) is 7.07. The van der Waals surface area contributed by atoms with Crippen LogP contribution in [0.3, 0.4) is 0 Å². The molecule has 0 bridgehead atoms. The van der Waals surface area contributed by atoms with Crippen LogP contribution in [0.5, 0.6) is 0 Å². The summed E-state index contributed by atoms with van der Waals surface area (Å²) in [4.78, 5) is 0. The monoisotopic (exact) mass is 247 g/mol. The Kier molecular flexibility index (Phi) is 3.56. The summed E-state index contributed by atoms with van der Waals surface area (Å²) >= 11 is 9.34. The third kappa shape index (κ3) is 2.22. The average molecular weight is 249 g/mol. The van der Waals surface area contributed by atoms with E-state index in [1.54, 1.807) is 0 Å². The molecule has 1 aromatic rings. The van der Waals surface area contributed by atoms with E-state index in [1.807, 2.05) is 25.2 Å². The fourth-order valence-electron chi connectivity index (χ4n) is 1.00. The lowest BCUT2D eigenvalue weighted by atomic mass is 10.1. The highest BCUT2D eigenvalue weighted by atomic mass is 79.9. The second kappa shape index (κ2) is 4.26. The predicted octanol–water partition coefficient (Wildman–Crippen LogP) is 3.38. The van der Waals surface area contributed by atoms with Gasteiger partial charge in [-0.2, -0.15) is 0 Å². The summed E-state index contributed by atoms with van der Waals surface area (Å²) in [5, 5.41) is 3.93. The molecular weight excluding hydrogens is 237 g/mol. The quantitative estimate of drug-likeness (QED) is 0.846. The summed E-state index contributed by atoms with van der Waals surface area (Å²) in [5.41, 5.74) is 1.19. The zero-order chi connectivity index (χ0) is 9.14. The molecule has 0 radical (unpaired) electrons. The molecule has 12 heavy (non-hydrogen) atoms. The summed E-state index contributed by atoms with van der Waals surface area (Å²) in [6.45, 7) is 2.09. The highest BCUT2D eigenvalue weighted by Crippen LogP contribution is 2.26. The Bertz CT molecular complexity index is 275. The van der Waals surface area contributed by atoms with Gasteiger partial charge in [0.2, 0.25) is 0 Å². The van der Waals surface area contributed by atoms with Crippen LogP contribution in [-0.4, -0.2) is 7.05 Å². The van der Waals surface area contributed by atoms with Crippen molar-refractivity contribution in [2.45, 2.75) is 13.0 Å². The molecule has 1 N–H and O–H groups in total. The van der Waals surface area contributed by atoms with Gasteiger partial charge in [0.05, 0.1) is 0 Å². The van der Waals surface area contributed by atoms with Crippen LogP contribution in [0.25, 0.3) is 0 Å². The van der Waals surface area contributed by atoms with E-state index in [9.17, 15) is 0 Å². The van der Waals surface area contributed by atoms with Gasteiger partial charge in [0.1, 0.15) is 0 Å². The second-order valence-corrected chi connectivity index (χ2v) is 3.97. The summed E-state index contributed by atoms with van der Waals surface area (Å²) in [6, 6.07) is 6.12. The summed E-state index contributed by atoms with van der Waals surface area (Å²) < 4.78 is 1.09. The molecular formula is C9H11BrClN. The number of benzene rings is 1. The van der Waals surface area contributed by atoms with Crippen LogP contribution < -0.4 is 5.32 Å². The molecule has 1 nitrogen and oxygen atoms in total.